The fourth-order valence-corrected chi connectivity index (χ4v) is 2.98. The van der Waals surface area contributed by atoms with E-state index < -0.39 is 6.10 Å². The van der Waals surface area contributed by atoms with Crippen molar-refractivity contribution in [2.45, 2.75) is 44.2 Å². The normalized spacial score (nSPS) is 21.9. The molecule has 4 heteroatoms. The average molecular weight is 281 g/mol. The highest BCUT2D eigenvalue weighted by molar-refractivity contribution is 5.16. The summed E-state index contributed by atoms with van der Waals surface area (Å²) < 4.78 is 12.9. The first-order valence-corrected chi connectivity index (χ1v) is 7.48. The van der Waals surface area contributed by atoms with Crippen molar-refractivity contribution in [3.63, 3.8) is 0 Å². The fraction of sp³-hybridized carbons (Fsp3) is 0.625. The number of aliphatic hydroxyl groups excluding tert-OH is 2. The number of aliphatic hydroxyl groups is 2. The van der Waals surface area contributed by atoms with Crippen LogP contribution in [0.5, 0.6) is 0 Å². The summed E-state index contributed by atoms with van der Waals surface area (Å²) in [4.78, 5) is 2.31. The monoisotopic (exact) mass is 281 g/mol. The molecule has 112 valence electrons. The van der Waals surface area contributed by atoms with E-state index in [0.29, 0.717) is 6.42 Å². The number of likely N-dealkylation sites (tertiary alicyclic amines) is 1. The van der Waals surface area contributed by atoms with Gasteiger partial charge in [0.15, 0.2) is 0 Å². The van der Waals surface area contributed by atoms with E-state index in [4.69, 9.17) is 5.11 Å². The van der Waals surface area contributed by atoms with Crippen LogP contribution in [0, 0.1) is 5.82 Å². The second-order valence-corrected chi connectivity index (χ2v) is 5.56. The molecule has 20 heavy (non-hydrogen) atoms. The summed E-state index contributed by atoms with van der Waals surface area (Å²) in [6, 6.07) is 6.76. The number of piperidine rings is 1. The van der Waals surface area contributed by atoms with Crippen LogP contribution in [0.4, 0.5) is 4.39 Å². The minimum atomic E-state index is -0.450. The first-order valence-electron chi connectivity index (χ1n) is 7.48. The molecular formula is C16H24FNO2. The van der Waals surface area contributed by atoms with Crippen LogP contribution in [0.2, 0.25) is 0 Å². The summed E-state index contributed by atoms with van der Waals surface area (Å²) in [5.74, 6) is -0.206. The summed E-state index contributed by atoms with van der Waals surface area (Å²) in [7, 11) is 0. The van der Waals surface area contributed by atoms with Gasteiger partial charge in [0, 0.05) is 19.2 Å². The van der Waals surface area contributed by atoms with E-state index in [2.05, 4.69) is 4.90 Å². The number of halogens is 1. The second kappa shape index (κ2) is 7.72. The quantitative estimate of drug-likeness (QED) is 0.838. The van der Waals surface area contributed by atoms with Gasteiger partial charge in [0.1, 0.15) is 5.82 Å². The molecule has 2 atom stereocenters. The van der Waals surface area contributed by atoms with Crippen LogP contribution in [0.15, 0.2) is 24.3 Å². The molecule has 2 rings (SSSR count). The molecule has 1 aromatic carbocycles. The molecule has 1 aliphatic heterocycles. The maximum Gasteiger partial charge on any atom is 0.123 e. The van der Waals surface area contributed by atoms with Gasteiger partial charge in [-0.3, -0.25) is 4.90 Å². The Hall–Kier alpha value is -0.970. The van der Waals surface area contributed by atoms with Crippen LogP contribution in [0.25, 0.3) is 0 Å². The third kappa shape index (κ3) is 4.27. The van der Waals surface area contributed by atoms with Gasteiger partial charge in [-0.15, -0.1) is 0 Å². The van der Waals surface area contributed by atoms with Crippen LogP contribution >= 0.6 is 0 Å². The maximum absolute atomic E-state index is 12.9. The lowest BCUT2D eigenvalue weighted by atomic mass is 9.95. The predicted octanol–water partition coefficient (Wildman–Crippen LogP) is 1.97. The van der Waals surface area contributed by atoms with E-state index >= 15 is 0 Å². The lowest BCUT2D eigenvalue weighted by Gasteiger charge is -2.38. The molecule has 2 unspecified atom stereocenters. The number of rotatable bonds is 6. The van der Waals surface area contributed by atoms with Gasteiger partial charge in [0.25, 0.3) is 0 Å². The Balaban J connectivity index is 1.89. The van der Waals surface area contributed by atoms with Crippen molar-refractivity contribution in [3.05, 3.63) is 35.6 Å². The van der Waals surface area contributed by atoms with Crippen molar-refractivity contribution in [1.82, 2.24) is 4.90 Å². The molecule has 1 fully saturated rings. The van der Waals surface area contributed by atoms with Gasteiger partial charge in [-0.25, -0.2) is 4.39 Å². The predicted molar refractivity (Wildman–Crippen MR) is 77.0 cm³/mol. The van der Waals surface area contributed by atoms with E-state index in [1.165, 1.54) is 12.1 Å². The van der Waals surface area contributed by atoms with Crippen LogP contribution in [-0.2, 0) is 6.42 Å². The van der Waals surface area contributed by atoms with Crippen molar-refractivity contribution in [2.24, 2.45) is 0 Å². The van der Waals surface area contributed by atoms with Crippen LogP contribution in [-0.4, -0.2) is 47.0 Å². The van der Waals surface area contributed by atoms with E-state index in [0.717, 1.165) is 44.3 Å². The topological polar surface area (TPSA) is 43.7 Å². The number of hydrogen-bond acceptors (Lipinski definition) is 3. The van der Waals surface area contributed by atoms with Crippen LogP contribution < -0.4 is 0 Å². The zero-order chi connectivity index (χ0) is 14.4. The third-order valence-electron chi connectivity index (χ3n) is 4.13. The Morgan fingerprint density at radius 2 is 2.00 bits per heavy atom. The zero-order valence-electron chi connectivity index (χ0n) is 11.8. The lowest BCUT2D eigenvalue weighted by Crippen LogP contribution is -2.47. The van der Waals surface area contributed by atoms with E-state index in [1.54, 1.807) is 0 Å². The van der Waals surface area contributed by atoms with Crippen molar-refractivity contribution in [2.75, 3.05) is 19.7 Å². The maximum atomic E-state index is 12.9. The van der Waals surface area contributed by atoms with E-state index in [1.807, 2.05) is 12.1 Å². The average Bonchev–Trinajstić information content (AvgIpc) is 2.47. The van der Waals surface area contributed by atoms with Gasteiger partial charge in [-0.1, -0.05) is 18.6 Å². The third-order valence-corrected chi connectivity index (χ3v) is 4.13. The van der Waals surface area contributed by atoms with Gasteiger partial charge in [0.05, 0.1) is 6.10 Å². The Morgan fingerprint density at radius 3 is 2.70 bits per heavy atom. The molecular weight excluding hydrogens is 257 g/mol. The van der Waals surface area contributed by atoms with Crippen molar-refractivity contribution >= 4 is 0 Å². The summed E-state index contributed by atoms with van der Waals surface area (Å²) in [5.41, 5.74) is 1.12. The van der Waals surface area contributed by atoms with Gasteiger partial charge in [-0.2, -0.15) is 0 Å². The molecule has 0 saturated carbocycles. The van der Waals surface area contributed by atoms with Crippen molar-refractivity contribution in [1.29, 1.82) is 0 Å². The van der Waals surface area contributed by atoms with Crippen LogP contribution in [0.1, 0.15) is 31.2 Å². The molecule has 1 aliphatic rings. The van der Waals surface area contributed by atoms with Crippen molar-refractivity contribution in [3.8, 4) is 0 Å². The first kappa shape index (κ1) is 15.4. The minimum absolute atomic E-state index is 0.0312. The highest BCUT2D eigenvalue weighted by atomic mass is 19.1. The SMILES string of the molecule is OCCC(O)C1CCCCN1CCc1ccc(F)cc1. The highest BCUT2D eigenvalue weighted by Crippen LogP contribution is 2.21. The largest absolute Gasteiger partial charge is 0.396 e. The Bertz CT molecular complexity index is 396. The molecule has 0 amide bonds. The Labute approximate surface area is 120 Å². The Kier molecular flexibility index (Phi) is 5.95. The van der Waals surface area contributed by atoms with E-state index in [-0.39, 0.29) is 18.5 Å². The number of nitrogens with zero attached hydrogens (tertiary/aromatic N) is 1. The molecule has 0 aromatic heterocycles. The van der Waals surface area contributed by atoms with E-state index in [9.17, 15) is 9.50 Å². The molecule has 0 aliphatic carbocycles. The summed E-state index contributed by atoms with van der Waals surface area (Å²) in [5, 5.41) is 19.1. The van der Waals surface area contributed by atoms with Gasteiger partial charge in [-0.05, 0) is 49.9 Å². The minimum Gasteiger partial charge on any atom is -0.396 e. The zero-order valence-corrected chi connectivity index (χ0v) is 11.8. The molecule has 0 bridgehead atoms. The molecule has 1 aromatic rings. The molecule has 0 radical (unpaired) electrons. The molecule has 0 spiro atoms. The molecule has 3 nitrogen and oxygen atoms in total. The number of hydrogen-bond donors (Lipinski definition) is 2. The smallest absolute Gasteiger partial charge is 0.123 e. The Morgan fingerprint density at radius 1 is 1.25 bits per heavy atom. The standard InChI is InChI=1S/C16H24FNO2/c17-14-6-4-13(5-7-14)8-11-18-10-2-1-3-15(18)16(20)9-12-19/h4-7,15-16,19-20H,1-3,8-12H2. The van der Waals surface area contributed by atoms with Crippen LogP contribution in [0.3, 0.4) is 0 Å². The molecule has 1 saturated heterocycles. The summed E-state index contributed by atoms with van der Waals surface area (Å²) >= 11 is 0. The first-order chi connectivity index (χ1) is 9.70. The van der Waals surface area contributed by atoms with Gasteiger partial charge in [0.2, 0.25) is 0 Å². The fourth-order valence-electron chi connectivity index (χ4n) is 2.98. The summed E-state index contributed by atoms with van der Waals surface area (Å²) in [6.07, 6.45) is 4.14. The van der Waals surface area contributed by atoms with Crippen molar-refractivity contribution < 1.29 is 14.6 Å². The van der Waals surface area contributed by atoms with Gasteiger partial charge < -0.3 is 10.2 Å². The summed E-state index contributed by atoms with van der Waals surface area (Å²) in [6.45, 7) is 1.90. The number of benzene rings is 1. The highest BCUT2D eigenvalue weighted by Gasteiger charge is 2.27. The second-order valence-electron chi connectivity index (χ2n) is 5.56. The molecule has 1 heterocycles. The van der Waals surface area contributed by atoms with Gasteiger partial charge >= 0.3 is 0 Å². The lowest BCUT2D eigenvalue weighted by molar-refractivity contribution is 0.0133. The molecule has 2 N–H and O–H groups in total.